The third-order valence-electron chi connectivity index (χ3n) is 3.72. The molecule has 0 amide bonds. The van der Waals surface area contributed by atoms with E-state index in [1.54, 1.807) is 7.11 Å². The SMILES string of the molecule is CCNCc1ccc(OC2CCCC(OC)C2)cc1. The summed E-state index contributed by atoms with van der Waals surface area (Å²) in [5, 5.41) is 3.32. The van der Waals surface area contributed by atoms with Gasteiger partial charge in [-0.25, -0.2) is 0 Å². The van der Waals surface area contributed by atoms with Crippen LogP contribution in [-0.2, 0) is 11.3 Å². The molecule has 2 unspecified atom stereocenters. The smallest absolute Gasteiger partial charge is 0.119 e. The molecule has 0 saturated heterocycles. The van der Waals surface area contributed by atoms with E-state index in [-0.39, 0.29) is 0 Å². The summed E-state index contributed by atoms with van der Waals surface area (Å²) in [6, 6.07) is 8.41. The Balaban J connectivity index is 1.85. The zero-order chi connectivity index (χ0) is 13.5. The van der Waals surface area contributed by atoms with Crippen LogP contribution in [0, 0.1) is 0 Å². The van der Waals surface area contributed by atoms with Crippen LogP contribution >= 0.6 is 0 Å². The quantitative estimate of drug-likeness (QED) is 0.855. The molecule has 0 radical (unpaired) electrons. The number of benzene rings is 1. The summed E-state index contributed by atoms with van der Waals surface area (Å²) in [4.78, 5) is 0. The number of ether oxygens (including phenoxy) is 2. The van der Waals surface area contributed by atoms with Crippen molar-refractivity contribution in [2.45, 2.75) is 51.4 Å². The minimum atomic E-state index is 0.304. The van der Waals surface area contributed by atoms with Gasteiger partial charge in [-0.1, -0.05) is 19.1 Å². The molecule has 2 rings (SSSR count). The lowest BCUT2D eigenvalue weighted by Crippen LogP contribution is -2.29. The van der Waals surface area contributed by atoms with Crippen molar-refractivity contribution in [3.8, 4) is 5.75 Å². The Labute approximate surface area is 116 Å². The van der Waals surface area contributed by atoms with Crippen molar-refractivity contribution in [1.29, 1.82) is 0 Å². The van der Waals surface area contributed by atoms with Gasteiger partial charge in [-0.3, -0.25) is 0 Å². The fourth-order valence-corrected chi connectivity index (χ4v) is 2.57. The van der Waals surface area contributed by atoms with E-state index in [9.17, 15) is 0 Å². The topological polar surface area (TPSA) is 30.5 Å². The highest BCUT2D eigenvalue weighted by molar-refractivity contribution is 5.27. The lowest BCUT2D eigenvalue weighted by Gasteiger charge is -2.28. The Hall–Kier alpha value is -1.06. The fourth-order valence-electron chi connectivity index (χ4n) is 2.57. The highest BCUT2D eigenvalue weighted by Crippen LogP contribution is 2.25. The van der Waals surface area contributed by atoms with E-state index < -0.39 is 0 Å². The van der Waals surface area contributed by atoms with Crippen LogP contribution in [0.1, 0.15) is 38.2 Å². The summed E-state index contributed by atoms with van der Waals surface area (Å²) in [6.07, 6.45) is 5.18. The van der Waals surface area contributed by atoms with Crippen molar-refractivity contribution < 1.29 is 9.47 Å². The van der Waals surface area contributed by atoms with Gasteiger partial charge in [-0.15, -0.1) is 0 Å². The van der Waals surface area contributed by atoms with Crippen LogP contribution in [0.5, 0.6) is 5.75 Å². The molecule has 1 fully saturated rings. The molecule has 3 heteroatoms. The van der Waals surface area contributed by atoms with Crippen molar-refractivity contribution in [3.05, 3.63) is 29.8 Å². The summed E-state index contributed by atoms with van der Waals surface area (Å²) >= 11 is 0. The van der Waals surface area contributed by atoms with E-state index in [1.807, 2.05) is 0 Å². The van der Waals surface area contributed by atoms with Gasteiger partial charge in [-0.05, 0) is 43.5 Å². The van der Waals surface area contributed by atoms with Crippen molar-refractivity contribution in [2.24, 2.45) is 0 Å². The van der Waals surface area contributed by atoms with E-state index in [2.05, 4.69) is 36.5 Å². The first-order valence-corrected chi connectivity index (χ1v) is 7.31. The lowest BCUT2D eigenvalue weighted by molar-refractivity contribution is 0.0209. The molecule has 2 atom stereocenters. The third-order valence-corrected chi connectivity index (χ3v) is 3.72. The average Bonchev–Trinajstić information content (AvgIpc) is 2.47. The monoisotopic (exact) mass is 263 g/mol. The van der Waals surface area contributed by atoms with E-state index in [1.165, 1.54) is 12.0 Å². The second-order valence-electron chi connectivity index (χ2n) is 5.19. The normalized spacial score (nSPS) is 23.3. The van der Waals surface area contributed by atoms with Crippen LogP contribution in [-0.4, -0.2) is 25.9 Å². The largest absolute Gasteiger partial charge is 0.490 e. The molecule has 1 aromatic carbocycles. The fraction of sp³-hybridized carbons (Fsp3) is 0.625. The minimum absolute atomic E-state index is 0.304. The Bertz CT molecular complexity index is 364. The summed E-state index contributed by atoms with van der Waals surface area (Å²) < 4.78 is 11.5. The zero-order valence-electron chi connectivity index (χ0n) is 12.0. The van der Waals surface area contributed by atoms with Crippen molar-refractivity contribution in [3.63, 3.8) is 0 Å². The predicted octanol–water partition coefficient (Wildman–Crippen LogP) is 3.13. The molecule has 0 bridgehead atoms. The standard InChI is InChI=1S/C16H25NO2/c1-3-17-12-13-7-9-14(10-8-13)19-16-6-4-5-15(11-16)18-2/h7-10,15-17H,3-6,11-12H2,1-2H3. The van der Waals surface area contributed by atoms with Gasteiger partial charge in [0, 0.05) is 20.1 Å². The van der Waals surface area contributed by atoms with Gasteiger partial charge in [0.2, 0.25) is 0 Å². The maximum absolute atomic E-state index is 6.05. The van der Waals surface area contributed by atoms with Crippen LogP contribution in [0.2, 0.25) is 0 Å². The highest BCUT2D eigenvalue weighted by atomic mass is 16.5. The number of rotatable bonds is 6. The summed E-state index contributed by atoms with van der Waals surface area (Å²) in [6.45, 7) is 4.04. The van der Waals surface area contributed by atoms with Gasteiger partial charge in [0.1, 0.15) is 11.9 Å². The maximum atomic E-state index is 6.05. The molecule has 19 heavy (non-hydrogen) atoms. The van der Waals surface area contributed by atoms with Gasteiger partial charge in [0.05, 0.1) is 6.10 Å². The van der Waals surface area contributed by atoms with Crippen molar-refractivity contribution >= 4 is 0 Å². The molecular weight excluding hydrogens is 238 g/mol. The second-order valence-corrected chi connectivity index (χ2v) is 5.19. The van der Waals surface area contributed by atoms with Crippen molar-refractivity contribution in [2.75, 3.05) is 13.7 Å². The van der Waals surface area contributed by atoms with E-state index in [0.29, 0.717) is 12.2 Å². The molecular formula is C16H25NO2. The summed E-state index contributed by atoms with van der Waals surface area (Å²) in [5.41, 5.74) is 1.30. The zero-order valence-corrected chi connectivity index (χ0v) is 12.0. The number of hydrogen-bond donors (Lipinski definition) is 1. The molecule has 0 aromatic heterocycles. The molecule has 1 aliphatic carbocycles. The third kappa shape index (κ3) is 4.51. The molecule has 106 valence electrons. The van der Waals surface area contributed by atoms with E-state index in [0.717, 1.165) is 38.1 Å². The molecule has 1 saturated carbocycles. The van der Waals surface area contributed by atoms with E-state index in [4.69, 9.17) is 9.47 Å². The molecule has 1 aliphatic rings. The number of nitrogens with one attached hydrogen (secondary N) is 1. The molecule has 1 aromatic rings. The Kier molecular flexibility index (Phi) is 5.67. The van der Waals surface area contributed by atoms with Crippen molar-refractivity contribution in [1.82, 2.24) is 5.32 Å². The Morgan fingerprint density at radius 3 is 2.58 bits per heavy atom. The van der Waals surface area contributed by atoms with Gasteiger partial charge >= 0.3 is 0 Å². The van der Waals surface area contributed by atoms with Crippen LogP contribution in [0.15, 0.2) is 24.3 Å². The summed E-state index contributed by atoms with van der Waals surface area (Å²) in [7, 11) is 1.79. The lowest BCUT2D eigenvalue weighted by atomic mass is 9.95. The van der Waals surface area contributed by atoms with Crippen LogP contribution in [0.25, 0.3) is 0 Å². The van der Waals surface area contributed by atoms with Gasteiger partial charge < -0.3 is 14.8 Å². The minimum Gasteiger partial charge on any atom is -0.490 e. The first-order chi connectivity index (χ1) is 9.31. The summed E-state index contributed by atoms with van der Waals surface area (Å²) in [5.74, 6) is 0.974. The van der Waals surface area contributed by atoms with E-state index >= 15 is 0 Å². The second kappa shape index (κ2) is 7.51. The first-order valence-electron chi connectivity index (χ1n) is 7.31. The highest BCUT2D eigenvalue weighted by Gasteiger charge is 2.22. The number of methoxy groups -OCH3 is 1. The first kappa shape index (κ1) is 14.4. The molecule has 1 N–H and O–H groups in total. The van der Waals surface area contributed by atoms with Crippen LogP contribution < -0.4 is 10.1 Å². The van der Waals surface area contributed by atoms with Gasteiger partial charge in [-0.2, -0.15) is 0 Å². The Morgan fingerprint density at radius 2 is 1.89 bits per heavy atom. The van der Waals surface area contributed by atoms with Gasteiger partial charge in [0.15, 0.2) is 0 Å². The molecule has 0 spiro atoms. The van der Waals surface area contributed by atoms with Crippen LogP contribution in [0.3, 0.4) is 0 Å². The molecule has 3 nitrogen and oxygen atoms in total. The average molecular weight is 263 g/mol. The number of hydrogen-bond acceptors (Lipinski definition) is 3. The predicted molar refractivity (Wildman–Crippen MR) is 77.5 cm³/mol. The van der Waals surface area contributed by atoms with Gasteiger partial charge in [0.25, 0.3) is 0 Å². The molecule has 0 aliphatic heterocycles. The maximum Gasteiger partial charge on any atom is 0.119 e. The van der Waals surface area contributed by atoms with Crippen LogP contribution in [0.4, 0.5) is 0 Å². The Morgan fingerprint density at radius 1 is 1.16 bits per heavy atom. The molecule has 0 heterocycles.